The van der Waals surface area contributed by atoms with Crippen LogP contribution >= 0.6 is 0 Å². The summed E-state index contributed by atoms with van der Waals surface area (Å²) < 4.78 is 4.29. The van der Waals surface area contributed by atoms with Crippen LogP contribution in [0.4, 0.5) is 0 Å². The van der Waals surface area contributed by atoms with Crippen molar-refractivity contribution in [1.82, 2.24) is 24.7 Å². The number of nitrogens with one attached hydrogen (secondary N) is 2. The molecule has 2 unspecified atom stereocenters. The Morgan fingerprint density at radius 3 is 2.38 bits per heavy atom. The van der Waals surface area contributed by atoms with E-state index in [1.807, 2.05) is 12.1 Å². The van der Waals surface area contributed by atoms with Gasteiger partial charge in [-0.1, -0.05) is 24.3 Å². The maximum atomic E-state index is 13.4. The van der Waals surface area contributed by atoms with Crippen molar-refractivity contribution in [3.63, 3.8) is 0 Å². The first-order valence-corrected chi connectivity index (χ1v) is 14.1. The molecule has 1 saturated heterocycles. The van der Waals surface area contributed by atoms with E-state index in [-0.39, 0.29) is 12.5 Å². The predicted octanol–water partition coefficient (Wildman–Crippen LogP) is 3.07. The van der Waals surface area contributed by atoms with Crippen LogP contribution in [0.25, 0.3) is 43.6 Å². The molecule has 0 bridgehead atoms. The summed E-state index contributed by atoms with van der Waals surface area (Å²) in [6.07, 6.45) is 0.458. The molecule has 39 heavy (non-hydrogen) atoms. The van der Waals surface area contributed by atoms with E-state index >= 15 is 0 Å². The SMILES string of the molecule is CN1CCC(NCc2ccc3c(c2)c2c4c(c5c6ccccc6n6c5c2n3CC(O)C(O)C6)CNC4=O)CC1. The smallest absolute Gasteiger partial charge is 0.252 e. The topological polar surface area (TPSA) is 94.7 Å². The predicted molar refractivity (Wildman–Crippen MR) is 153 cm³/mol. The highest BCUT2D eigenvalue weighted by Crippen LogP contribution is 2.45. The van der Waals surface area contributed by atoms with Gasteiger partial charge < -0.3 is 34.9 Å². The Morgan fingerprint density at radius 1 is 0.923 bits per heavy atom. The highest BCUT2D eigenvalue weighted by atomic mass is 16.3. The molecule has 0 aliphatic carbocycles. The van der Waals surface area contributed by atoms with E-state index in [4.69, 9.17) is 0 Å². The second-order valence-corrected chi connectivity index (χ2v) is 11.7. The van der Waals surface area contributed by atoms with Crippen LogP contribution in [0.15, 0.2) is 42.5 Å². The van der Waals surface area contributed by atoms with Gasteiger partial charge in [0.05, 0.1) is 41.9 Å². The Hall–Kier alpha value is -3.43. The van der Waals surface area contributed by atoms with Gasteiger partial charge in [-0.3, -0.25) is 4.79 Å². The molecule has 0 radical (unpaired) electrons. The largest absolute Gasteiger partial charge is 0.388 e. The molecule has 8 rings (SSSR count). The standard InChI is InChI=1S/C31H33N5O3/c1-34-10-8-18(9-11-34)32-13-17-6-7-23-20(12-17)27-28-21(14-33-31(28)39)26-19-4-2-3-5-22(19)35-15-24(37)25(38)16-36(23)30(27)29(26)35/h2-7,12,18,24-25,32,37-38H,8-11,13-16H2,1H3,(H,33,39). The molecule has 1 amide bonds. The van der Waals surface area contributed by atoms with Crippen molar-refractivity contribution in [2.24, 2.45) is 0 Å². The summed E-state index contributed by atoms with van der Waals surface area (Å²) in [7, 11) is 2.18. The van der Waals surface area contributed by atoms with Crippen molar-refractivity contribution in [1.29, 1.82) is 0 Å². The zero-order chi connectivity index (χ0) is 26.4. The lowest BCUT2D eigenvalue weighted by molar-refractivity contribution is 0.00168. The van der Waals surface area contributed by atoms with Crippen LogP contribution in [-0.2, 0) is 26.2 Å². The number of fused-ring (bicyclic) bond motifs is 9. The van der Waals surface area contributed by atoms with Crippen LogP contribution in [-0.4, -0.2) is 68.5 Å². The van der Waals surface area contributed by atoms with E-state index in [2.05, 4.69) is 62.0 Å². The number of rotatable bonds is 3. The minimum Gasteiger partial charge on any atom is -0.388 e. The number of aliphatic hydroxyl groups is 2. The lowest BCUT2D eigenvalue weighted by Crippen LogP contribution is -2.40. The molecule has 0 spiro atoms. The molecular formula is C31H33N5O3. The third kappa shape index (κ3) is 3.35. The molecule has 0 saturated carbocycles. The van der Waals surface area contributed by atoms with Crippen LogP contribution in [0.1, 0.15) is 34.3 Å². The molecular weight excluding hydrogens is 490 g/mol. The van der Waals surface area contributed by atoms with E-state index in [0.717, 1.165) is 87.2 Å². The molecule has 3 aromatic carbocycles. The number of nitrogens with zero attached hydrogens (tertiary/aromatic N) is 3. The number of hydrogen-bond donors (Lipinski definition) is 4. The minimum absolute atomic E-state index is 0.0414. The van der Waals surface area contributed by atoms with Crippen molar-refractivity contribution in [2.75, 3.05) is 20.1 Å². The molecule has 8 nitrogen and oxygen atoms in total. The fraction of sp³-hybridized carbons (Fsp3) is 0.387. The van der Waals surface area contributed by atoms with E-state index in [1.54, 1.807) is 0 Å². The first-order valence-electron chi connectivity index (χ1n) is 14.1. The zero-order valence-corrected chi connectivity index (χ0v) is 22.1. The molecule has 1 fully saturated rings. The maximum Gasteiger partial charge on any atom is 0.252 e. The van der Waals surface area contributed by atoms with Crippen LogP contribution in [0.5, 0.6) is 0 Å². The molecule has 3 aliphatic heterocycles. The fourth-order valence-corrected chi connectivity index (χ4v) is 7.30. The van der Waals surface area contributed by atoms with Gasteiger partial charge in [0, 0.05) is 51.7 Å². The molecule has 5 heterocycles. The van der Waals surface area contributed by atoms with Gasteiger partial charge in [0.15, 0.2) is 0 Å². The number of carbonyl (C=O) groups is 1. The summed E-state index contributed by atoms with van der Waals surface area (Å²) in [4.78, 5) is 15.8. The molecule has 2 atom stereocenters. The van der Waals surface area contributed by atoms with Crippen LogP contribution in [0, 0.1) is 0 Å². The van der Waals surface area contributed by atoms with Crippen LogP contribution < -0.4 is 10.6 Å². The van der Waals surface area contributed by atoms with Crippen LogP contribution in [0.2, 0.25) is 0 Å². The Morgan fingerprint density at radius 2 is 1.62 bits per heavy atom. The molecule has 3 aliphatic rings. The van der Waals surface area contributed by atoms with Crippen LogP contribution in [0.3, 0.4) is 0 Å². The van der Waals surface area contributed by atoms with Gasteiger partial charge in [-0.15, -0.1) is 0 Å². The Kier molecular flexibility index (Phi) is 5.13. The van der Waals surface area contributed by atoms with Gasteiger partial charge in [0.1, 0.15) is 0 Å². The van der Waals surface area contributed by atoms with E-state index in [1.165, 1.54) is 5.56 Å². The number of likely N-dealkylation sites (tertiary alicyclic amines) is 1. The van der Waals surface area contributed by atoms with Gasteiger partial charge >= 0.3 is 0 Å². The third-order valence-electron chi connectivity index (χ3n) is 9.33. The summed E-state index contributed by atoms with van der Waals surface area (Å²) in [5.41, 5.74) is 6.96. The number of aromatic nitrogens is 2. The van der Waals surface area contributed by atoms with E-state index in [0.29, 0.717) is 19.1 Å². The Labute approximate surface area is 225 Å². The number of para-hydroxylation sites is 1. The summed E-state index contributed by atoms with van der Waals surface area (Å²) in [5, 5.41) is 33.1. The number of hydrogen-bond acceptors (Lipinski definition) is 5. The average molecular weight is 524 g/mol. The first-order chi connectivity index (χ1) is 19.0. The van der Waals surface area contributed by atoms with E-state index < -0.39 is 12.2 Å². The molecule has 2 aromatic heterocycles. The Bertz CT molecular complexity index is 1810. The molecule has 200 valence electrons. The summed E-state index contributed by atoms with van der Waals surface area (Å²) in [5.74, 6) is -0.0414. The second kappa shape index (κ2) is 8.53. The van der Waals surface area contributed by atoms with Crippen molar-refractivity contribution in [3.8, 4) is 0 Å². The number of amides is 1. The number of piperidine rings is 1. The average Bonchev–Trinajstić information content (AvgIpc) is 3.58. The summed E-state index contributed by atoms with van der Waals surface area (Å²) in [6.45, 7) is 4.06. The van der Waals surface area contributed by atoms with Gasteiger partial charge in [-0.05, 0) is 62.3 Å². The van der Waals surface area contributed by atoms with Gasteiger partial charge in [0.25, 0.3) is 5.91 Å². The van der Waals surface area contributed by atoms with Gasteiger partial charge in [0.2, 0.25) is 0 Å². The van der Waals surface area contributed by atoms with Gasteiger partial charge in [-0.25, -0.2) is 0 Å². The van der Waals surface area contributed by atoms with Crippen molar-refractivity contribution < 1.29 is 15.0 Å². The highest BCUT2D eigenvalue weighted by molar-refractivity contribution is 6.30. The molecule has 8 heteroatoms. The lowest BCUT2D eigenvalue weighted by atomic mass is 9.96. The Balaban J connectivity index is 1.41. The second-order valence-electron chi connectivity index (χ2n) is 11.7. The van der Waals surface area contributed by atoms with Crippen molar-refractivity contribution in [2.45, 2.75) is 57.3 Å². The third-order valence-corrected chi connectivity index (χ3v) is 9.33. The maximum absolute atomic E-state index is 13.4. The normalized spacial score (nSPS) is 22.3. The summed E-state index contributed by atoms with van der Waals surface area (Å²) >= 11 is 0. The zero-order valence-electron chi connectivity index (χ0n) is 22.1. The lowest BCUT2D eigenvalue weighted by Gasteiger charge is -2.29. The molecule has 5 aromatic rings. The summed E-state index contributed by atoms with van der Waals surface area (Å²) in [6, 6.07) is 15.2. The highest BCUT2D eigenvalue weighted by Gasteiger charge is 2.34. The van der Waals surface area contributed by atoms with Crippen molar-refractivity contribution in [3.05, 3.63) is 59.2 Å². The van der Waals surface area contributed by atoms with Gasteiger partial charge in [-0.2, -0.15) is 0 Å². The molecule has 4 N–H and O–H groups in total. The van der Waals surface area contributed by atoms with E-state index in [9.17, 15) is 15.0 Å². The number of benzene rings is 3. The number of aliphatic hydroxyl groups excluding tert-OH is 2. The monoisotopic (exact) mass is 523 g/mol. The first kappa shape index (κ1) is 23.5. The minimum atomic E-state index is -0.930. The fourth-order valence-electron chi connectivity index (χ4n) is 7.30. The quantitative estimate of drug-likeness (QED) is 0.292. The van der Waals surface area contributed by atoms with Crippen molar-refractivity contribution >= 4 is 49.5 Å². The number of carbonyl (C=O) groups excluding carboxylic acids is 1.